The smallest absolute Gasteiger partial charge is 0.243 e. The molecule has 0 aliphatic carbocycles. The number of sulfonamides is 1. The second-order valence-corrected chi connectivity index (χ2v) is 12.2. The van der Waals surface area contributed by atoms with Gasteiger partial charge in [-0.15, -0.1) is 0 Å². The molecule has 2 heterocycles. The number of hydrogen-bond donors (Lipinski definition) is 0. The van der Waals surface area contributed by atoms with Crippen LogP contribution in [0, 0.1) is 5.41 Å². The summed E-state index contributed by atoms with van der Waals surface area (Å²) in [5, 5.41) is 0. The predicted octanol–water partition coefficient (Wildman–Crippen LogP) is 3.46. The number of nitrogens with zero attached hydrogens (tertiary/aromatic N) is 3. The van der Waals surface area contributed by atoms with Crippen LogP contribution in [0.25, 0.3) is 0 Å². The molecular formula is C25H32BrN3O4S. The highest BCUT2D eigenvalue weighted by atomic mass is 79.9. The van der Waals surface area contributed by atoms with E-state index in [1.165, 1.54) is 4.31 Å². The molecule has 2 aliphatic rings. The van der Waals surface area contributed by atoms with Gasteiger partial charge in [-0.1, -0.05) is 34.1 Å². The van der Waals surface area contributed by atoms with Crippen molar-refractivity contribution in [1.29, 1.82) is 0 Å². The summed E-state index contributed by atoms with van der Waals surface area (Å²) in [6.07, 6.45) is 1.53. The minimum Gasteiger partial charge on any atom is -0.493 e. The van der Waals surface area contributed by atoms with Crippen LogP contribution in [0.1, 0.15) is 19.3 Å². The Bertz CT molecular complexity index is 1060. The zero-order valence-electron chi connectivity index (χ0n) is 19.5. The molecule has 184 valence electrons. The van der Waals surface area contributed by atoms with E-state index in [2.05, 4.69) is 27.9 Å². The first-order valence-electron chi connectivity index (χ1n) is 11.7. The molecule has 0 spiro atoms. The van der Waals surface area contributed by atoms with Crippen molar-refractivity contribution in [2.45, 2.75) is 24.2 Å². The standard InChI is InChI=1S/C25H32BrN3O4S/c1-27-15-17-28(18-16-27)24(30)19-25(20-33-22-5-3-2-4-6-22)11-13-29(14-12-25)34(31,32)23-9-7-21(26)8-10-23/h2-10H,11-20H2,1H3. The topological polar surface area (TPSA) is 70.2 Å². The molecule has 0 unspecified atom stereocenters. The lowest BCUT2D eigenvalue weighted by molar-refractivity contribution is -0.136. The number of rotatable bonds is 7. The van der Waals surface area contributed by atoms with Crippen LogP contribution in [0.4, 0.5) is 0 Å². The molecule has 4 rings (SSSR count). The summed E-state index contributed by atoms with van der Waals surface area (Å²) < 4.78 is 34.9. The Morgan fingerprint density at radius 2 is 1.56 bits per heavy atom. The van der Waals surface area contributed by atoms with Crippen LogP contribution in [0.2, 0.25) is 0 Å². The zero-order valence-corrected chi connectivity index (χ0v) is 21.9. The van der Waals surface area contributed by atoms with E-state index in [1.807, 2.05) is 35.2 Å². The zero-order chi connectivity index (χ0) is 24.2. The highest BCUT2D eigenvalue weighted by Gasteiger charge is 2.41. The Kier molecular flexibility index (Phi) is 7.97. The summed E-state index contributed by atoms with van der Waals surface area (Å²) >= 11 is 3.36. The van der Waals surface area contributed by atoms with E-state index in [9.17, 15) is 13.2 Å². The molecule has 0 N–H and O–H groups in total. The Morgan fingerprint density at radius 1 is 0.941 bits per heavy atom. The second-order valence-electron chi connectivity index (χ2n) is 9.32. The van der Waals surface area contributed by atoms with Crippen LogP contribution >= 0.6 is 15.9 Å². The lowest BCUT2D eigenvalue weighted by atomic mass is 9.76. The van der Waals surface area contributed by atoms with Crippen molar-refractivity contribution in [3.05, 3.63) is 59.1 Å². The molecule has 2 aromatic carbocycles. The van der Waals surface area contributed by atoms with Gasteiger partial charge in [0.05, 0.1) is 11.5 Å². The van der Waals surface area contributed by atoms with E-state index in [0.29, 0.717) is 39.0 Å². The number of hydrogen-bond acceptors (Lipinski definition) is 5. The van der Waals surface area contributed by atoms with Gasteiger partial charge in [0.25, 0.3) is 0 Å². The molecule has 0 saturated carbocycles. The lowest BCUT2D eigenvalue weighted by Gasteiger charge is -2.42. The molecule has 9 heteroatoms. The molecule has 1 amide bonds. The fourth-order valence-electron chi connectivity index (χ4n) is 4.57. The van der Waals surface area contributed by atoms with Crippen molar-refractivity contribution in [3.63, 3.8) is 0 Å². The van der Waals surface area contributed by atoms with E-state index in [-0.39, 0.29) is 10.8 Å². The second kappa shape index (κ2) is 10.8. The molecule has 34 heavy (non-hydrogen) atoms. The van der Waals surface area contributed by atoms with Crippen molar-refractivity contribution in [2.75, 3.05) is 52.9 Å². The third-order valence-corrected chi connectivity index (χ3v) is 9.35. The van der Waals surface area contributed by atoms with E-state index in [4.69, 9.17) is 4.74 Å². The van der Waals surface area contributed by atoms with E-state index < -0.39 is 15.4 Å². The Morgan fingerprint density at radius 3 is 2.18 bits per heavy atom. The number of para-hydroxylation sites is 1. The normalized spacial score (nSPS) is 19.6. The van der Waals surface area contributed by atoms with E-state index in [0.717, 1.165) is 36.4 Å². The number of likely N-dealkylation sites (N-methyl/N-ethyl adjacent to an activating group) is 1. The number of amides is 1. The maximum Gasteiger partial charge on any atom is 0.243 e. The van der Waals surface area contributed by atoms with Crippen LogP contribution in [-0.4, -0.2) is 81.4 Å². The summed E-state index contributed by atoms with van der Waals surface area (Å²) in [7, 11) is -1.51. The fourth-order valence-corrected chi connectivity index (χ4v) is 6.28. The van der Waals surface area contributed by atoms with Crippen molar-refractivity contribution >= 4 is 31.9 Å². The average molecular weight is 551 g/mol. The summed E-state index contributed by atoms with van der Waals surface area (Å²) in [4.78, 5) is 17.7. The van der Waals surface area contributed by atoms with Crippen LogP contribution in [0.15, 0.2) is 64.0 Å². The van der Waals surface area contributed by atoms with Crippen LogP contribution in [0.5, 0.6) is 5.75 Å². The highest BCUT2D eigenvalue weighted by molar-refractivity contribution is 9.10. The monoisotopic (exact) mass is 549 g/mol. The van der Waals surface area contributed by atoms with Gasteiger partial charge in [-0.05, 0) is 56.3 Å². The average Bonchev–Trinajstić information content (AvgIpc) is 2.84. The maximum absolute atomic E-state index is 13.2. The van der Waals surface area contributed by atoms with E-state index >= 15 is 0 Å². The molecule has 0 bridgehead atoms. The van der Waals surface area contributed by atoms with Crippen molar-refractivity contribution in [2.24, 2.45) is 5.41 Å². The number of piperidine rings is 1. The first-order valence-corrected chi connectivity index (χ1v) is 13.9. The first-order chi connectivity index (χ1) is 16.3. The summed E-state index contributed by atoms with van der Waals surface area (Å²) in [6, 6.07) is 16.3. The SMILES string of the molecule is CN1CCN(C(=O)CC2(COc3ccccc3)CCN(S(=O)(=O)c3ccc(Br)cc3)CC2)CC1. The summed E-state index contributed by atoms with van der Waals surface area (Å²) in [5.74, 6) is 0.896. The van der Waals surface area contributed by atoms with Gasteiger partial charge in [0.1, 0.15) is 5.75 Å². The van der Waals surface area contributed by atoms with Gasteiger partial charge >= 0.3 is 0 Å². The molecule has 2 saturated heterocycles. The quantitative estimate of drug-likeness (QED) is 0.528. The van der Waals surface area contributed by atoms with Crippen molar-refractivity contribution in [1.82, 2.24) is 14.1 Å². The molecule has 0 radical (unpaired) electrons. The summed E-state index contributed by atoms with van der Waals surface area (Å²) in [5.41, 5.74) is -0.401. The molecule has 2 fully saturated rings. The lowest BCUT2D eigenvalue weighted by Crippen LogP contribution is -2.51. The molecule has 7 nitrogen and oxygen atoms in total. The van der Waals surface area contributed by atoms with Gasteiger partial charge in [0, 0.05) is 55.6 Å². The number of piperazine rings is 1. The van der Waals surface area contributed by atoms with Gasteiger partial charge < -0.3 is 14.5 Å². The van der Waals surface area contributed by atoms with Crippen LogP contribution < -0.4 is 4.74 Å². The minimum absolute atomic E-state index is 0.133. The van der Waals surface area contributed by atoms with Gasteiger partial charge in [0.2, 0.25) is 15.9 Å². The van der Waals surface area contributed by atoms with Gasteiger partial charge in [0.15, 0.2) is 0 Å². The highest BCUT2D eigenvalue weighted by Crippen LogP contribution is 2.38. The maximum atomic E-state index is 13.2. The molecule has 0 aromatic heterocycles. The first kappa shape index (κ1) is 25.2. The third kappa shape index (κ3) is 6.00. The van der Waals surface area contributed by atoms with Gasteiger partial charge in [-0.25, -0.2) is 8.42 Å². The van der Waals surface area contributed by atoms with Crippen LogP contribution in [0.3, 0.4) is 0 Å². The van der Waals surface area contributed by atoms with Crippen molar-refractivity contribution < 1.29 is 17.9 Å². The summed E-state index contributed by atoms with van der Waals surface area (Å²) in [6.45, 7) is 4.34. The molecule has 0 atom stereocenters. The fraction of sp³-hybridized carbons (Fsp3) is 0.480. The number of halogens is 1. The van der Waals surface area contributed by atoms with Gasteiger partial charge in [-0.3, -0.25) is 4.79 Å². The number of benzene rings is 2. The largest absolute Gasteiger partial charge is 0.493 e. The van der Waals surface area contributed by atoms with Crippen molar-refractivity contribution in [3.8, 4) is 5.75 Å². The minimum atomic E-state index is -3.58. The molecule has 2 aliphatic heterocycles. The van der Waals surface area contributed by atoms with Crippen LogP contribution in [-0.2, 0) is 14.8 Å². The van der Waals surface area contributed by atoms with Gasteiger partial charge in [-0.2, -0.15) is 4.31 Å². The Hall–Kier alpha value is -1.94. The number of ether oxygens (including phenoxy) is 1. The molecule has 2 aromatic rings. The Labute approximate surface area is 210 Å². The molecular weight excluding hydrogens is 518 g/mol. The third-order valence-electron chi connectivity index (χ3n) is 6.90. The Balaban J connectivity index is 1.47. The predicted molar refractivity (Wildman–Crippen MR) is 135 cm³/mol. The number of carbonyl (C=O) groups is 1. The number of carbonyl (C=O) groups excluding carboxylic acids is 1. The van der Waals surface area contributed by atoms with E-state index in [1.54, 1.807) is 24.3 Å².